The number of carboxylic acid groups (broad SMARTS) is 2. The third-order valence-electron chi connectivity index (χ3n) is 3.67. The number of carbonyl (C=O) groups is 2. The summed E-state index contributed by atoms with van der Waals surface area (Å²) in [6.07, 6.45) is -3.60. The van der Waals surface area contributed by atoms with Crippen LogP contribution in [0.25, 0.3) is 22.2 Å². The fourth-order valence-corrected chi connectivity index (χ4v) is 2.93. The molecule has 0 saturated heterocycles. The summed E-state index contributed by atoms with van der Waals surface area (Å²) >= 11 is 0. The highest BCUT2D eigenvalue weighted by atomic mass is 32.2. The van der Waals surface area contributed by atoms with Gasteiger partial charge in [-0.15, -0.1) is 0 Å². The molecular weight excluding hydrogens is 431 g/mol. The molecule has 0 fully saturated rings. The summed E-state index contributed by atoms with van der Waals surface area (Å²) in [4.78, 5) is 26.9. The van der Waals surface area contributed by atoms with Crippen LogP contribution in [0.1, 0.15) is 5.69 Å². The second-order valence-electron chi connectivity index (χ2n) is 5.86. The van der Waals surface area contributed by atoms with E-state index < -0.39 is 28.1 Å². The number of sulfonamides is 1. The predicted molar refractivity (Wildman–Crippen MR) is 97.9 cm³/mol. The maximum absolute atomic E-state index is 11.3. The lowest BCUT2D eigenvalue weighted by molar-refractivity contribution is -0.192. The molecule has 3 rings (SSSR count). The molecule has 0 unspecified atom stereocenters. The largest absolute Gasteiger partial charge is 0.490 e. The molecule has 2 aromatic heterocycles. The van der Waals surface area contributed by atoms with Gasteiger partial charge >= 0.3 is 18.1 Å². The van der Waals surface area contributed by atoms with Crippen molar-refractivity contribution in [3.8, 4) is 11.1 Å². The monoisotopic (exact) mass is 445 g/mol. The van der Waals surface area contributed by atoms with Crippen LogP contribution in [0.15, 0.2) is 47.5 Å². The fourth-order valence-electron chi connectivity index (χ4n) is 2.42. The lowest BCUT2D eigenvalue weighted by atomic mass is 10.0. The molecule has 0 aliphatic heterocycles. The van der Waals surface area contributed by atoms with Gasteiger partial charge in [-0.1, -0.05) is 12.1 Å². The summed E-state index contributed by atoms with van der Waals surface area (Å²) in [7, 11) is -3.74. The summed E-state index contributed by atoms with van der Waals surface area (Å²) in [5, 5.41) is 21.9. The average molecular weight is 445 g/mol. The summed E-state index contributed by atoms with van der Waals surface area (Å²) < 4.78 is 54.3. The zero-order valence-electron chi connectivity index (χ0n) is 14.8. The number of aliphatic carboxylic acids is 2. The van der Waals surface area contributed by atoms with Gasteiger partial charge in [0.1, 0.15) is 5.65 Å². The lowest BCUT2D eigenvalue weighted by Gasteiger charge is -2.04. The quantitative estimate of drug-likeness (QED) is 0.478. The van der Waals surface area contributed by atoms with Crippen molar-refractivity contribution in [2.75, 3.05) is 0 Å². The summed E-state index contributed by atoms with van der Waals surface area (Å²) in [5.41, 5.74) is 2.73. The normalized spacial score (nSPS) is 11.6. The van der Waals surface area contributed by atoms with Gasteiger partial charge in [-0.25, -0.2) is 23.3 Å². The number of nitrogens with two attached hydrogens (primary N) is 1. The molecule has 13 heteroatoms. The van der Waals surface area contributed by atoms with Crippen LogP contribution in [-0.4, -0.2) is 46.7 Å². The van der Waals surface area contributed by atoms with Gasteiger partial charge in [0.15, 0.2) is 0 Å². The number of alkyl halides is 3. The highest BCUT2D eigenvalue weighted by Gasteiger charge is 2.38. The van der Waals surface area contributed by atoms with Crippen LogP contribution in [0.5, 0.6) is 0 Å². The molecule has 0 amide bonds. The number of aromatic nitrogens is 2. The van der Waals surface area contributed by atoms with Gasteiger partial charge in [-0.2, -0.15) is 13.2 Å². The molecule has 30 heavy (non-hydrogen) atoms. The summed E-state index contributed by atoms with van der Waals surface area (Å²) in [5.74, 6) is -3.69. The molecule has 0 spiro atoms. The Labute approximate surface area is 167 Å². The minimum Gasteiger partial charge on any atom is -0.481 e. The van der Waals surface area contributed by atoms with Crippen molar-refractivity contribution in [3.05, 3.63) is 48.3 Å². The summed E-state index contributed by atoms with van der Waals surface area (Å²) in [6, 6.07) is 9.69. The van der Waals surface area contributed by atoms with Gasteiger partial charge in [-0.05, 0) is 35.4 Å². The predicted octanol–water partition coefficient (Wildman–Crippen LogP) is 2.14. The number of primary sulfonamides is 1. The standard InChI is InChI=1S/C15H13N3O4S.C2HF3O2/c16-23(21,22)11-3-1-9(2-4-11)12-5-6-17-15-13(12)7-10(18-15)8-14(19)20;3-2(4,5)1(6)7/h1-7H,8H2,(H,17,18)(H,19,20)(H2,16,21,22);(H,6,7). The number of benzene rings is 1. The Morgan fingerprint density at radius 1 is 1.10 bits per heavy atom. The second kappa shape index (κ2) is 8.51. The van der Waals surface area contributed by atoms with Gasteiger partial charge < -0.3 is 15.2 Å². The Kier molecular flexibility index (Phi) is 6.47. The number of carboxylic acids is 2. The van der Waals surface area contributed by atoms with E-state index in [1.54, 1.807) is 30.5 Å². The Bertz CT molecular complexity index is 1190. The smallest absolute Gasteiger partial charge is 0.481 e. The average Bonchev–Trinajstić information content (AvgIpc) is 3.02. The van der Waals surface area contributed by atoms with Gasteiger partial charge in [0.25, 0.3) is 0 Å². The molecular formula is C17H14F3N3O6S. The van der Waals surface area contributed by atoms with Crippen LogP contribution >= 0.6 is 0 Å². The van der Waals surface area contributed by atoms with Crippen LogP contribution in [0.2, 0.25) is 0 Å². The SMILES string of the molecule is NS(=O)(=O)c1ccc(-c2ccnc3[nH]c(CC(=O)O)cc23)cc1.O=C(O)C(F)(F)F. The molecule has 160 valence electrons. The Balaban J connectivity index is 0.000000396. The molecule has 5 N–H and O–H groups in total. The van der Waals surface area contributed by atoms with Crippen LogP contribution in [-0.2, 0) is 26.0 Å². The first-order valence-electron chi connectivity index (χ1n) is 7.91. The van der Waals surface area contributed by atoms with Crippen molar-refractivity contribution in [2.45, 2.75) is 17.5 Å². The van der Waals surface area contributed by atoms with Crippen molar-refractivity contribution >= 4 is 33.0 Å². The lowest BCUT2D eigenvalue weighted by Crippen LogP contribution is -2.21. The maximum Gasteiger partial charge on any atom is 0.490 e. The Hall–Kier alpha value is -3.45. The minimum absolute atomic E-state index is 0.0344. The maximum atomic E-state index is 11.3. The number of H-pyrrole nitrogens is 1. The van der Waals surface area contributed by atoms with E-state index in [0.717, 1.165) is 16.5 Å². The number of nitrogens with one attached hydrogen (secondary N) is 1. The van der Waals surface area contributed by atoms with Crippen LogP contribution in [0.3, 0.4) is 0 Å². The molecule has 3 aromatic rings. The fraction of sp³-hybridized carbons (Fsp3) is 0.118. The molecule has 9 nitrogen and oxygen atoms in total. The molecule has 1 aromatic carbocycles. The minimum atomic E-state index is -5.08. The Morgan fingerprint density at radius 3 is 2.13 bits per heavy atom. The molecule has 0 atom stereocenters. The molecule has 0 aliphatic carbocycles. The number of halogens is 3. The van der Waals surface area contributed by atoms with Gasteiger partial charge in [-0.3, -0.25) is 4.79 Å². The molecule has 0 radical (unpaired) electrons. The van der Waals surface area contributed by atoms with Crippen LogP contribution in [0, 0.1) is 0 Å². The van der Waals surface area contributed by atoms with E-state index in [4.69, 9.17) is 20.1 Å². The number of aromatic amines is 1. The molecule has 2 heterocycles. The molecule has 0 saturated carbocycles. The zero-order valence-corrected chi connectivity index (χ0v) is 15.7. The van der Waals surface area contributed by atoms with E-state index >= 15 is 0 Å². The van der Waals surface area contributed by atoms with E-state index in [-0.39, 0.29) is 11.3 Å². The number of nitrogens with zero attached hydrogens (tertiary/aromatic N) is 1. The van der Waals surface area contributed by atoms with E-state index in [9.17, 15) is 26.4 Å². The van der Waals surface area contributed by atoms with Crippen LogP contribution in [0.4, 0.5) is 13.2 Å². The number of hydrogen-bond donors (Lipinski definition) is 4. The highest BCUT2D eigenvalue weighted by molar-refractivity contribution is 7.89. The van der Waals surface area contributed by atoms with Gasteiger partial charge in [0, 0.05) is 17.3 Å². The first-order valence-corrected chi connectivity index (χ1v) is 9.45. The topological polar surface area (TPSA) is 163 Å². The summed E-state index contributed by atoms with van der Waals surface area (Å²) in [6.45, 7) is 0. The number of fused-ring (bicyclic) bond motifs is 1. The molecule has 0 bridgehead atoms. The zero-order chi connectivity index (χ0) is 22.7. The first-order chi connectivity index (χ1) is 13.8. The van der Waals surface area contributed by atoms with Crippen molar-refractivity contribution in [1.82, 2.24) is 9.97 Å². The Morgan fingerprint density at radius 2 is 1.67 bits per heavy atom. The number of pyridine rings is 1. The third-order valence-corrected chi connectivity index (χ3v) is 4.59. The first kappa shape index (κ1) is 22.8. The third kappa shape index (κ3) is 5.78. The van der Waals surface area contributed by atoms with Crippen LogP contribution < -0.4 is 5.14 Å². The highest BCUT2D eigenvalue weighted by Crippen LogP contribution is 2.28. The van der Waals surface area contributed by atoms with Crippen molar-refractivity contribution in [2.24, 2.45) is 5.14 Å². The van der Waals surface area contributed by atoms with E-state index in [0.29, 0.717) is 11.3 Å². The number of hydrogen-bond acceptors (Lipinski definition) is 5. The van der Waals surface area contributed by atoms with Crippen molar-refractivity contribution in [3.63, 3.8) is 0 Å². The number of rotatable bonds is 4. The second-order valence-corrected chi connectivity index (χ2v) is 7.42. The van der Waals surface area contributed by atoms with Gasteiger partial charge in [0.2, 0.25) is 10.0 Å². The van der Waals surface area contributed by atoms with E-state index in [2.05, 4.69) is 9.97 Å². The van der Waals surface area contributed by atoms with Crippen molar-refractivity contribution < 1.29 is 41.4 Å². The van der Waals surface area contributed by atoms with E-state index in [1.807, 2.05) is 0 Å². The van der Waals surface area contributed by atoms with E-state index in [1.165, 1.54) is 12.1 Å². The van der Waals surface area contributed by atoms with Crippen molar-refractivity contribution in [1.29, 1.82) is 0 Å². The van der Waals surface area contributed by atoms with Gasteiger partial charge in [0.05, 0.1) is 11.3 Å². The molecule has 0 aliphatic rings.